The van der Waals surface area contributed by atoms with Crippen LogP contribution in [0.3, 0.4) is 0 Å². The van der Waals surface area contributed by atoms with E-state index in [0.29, 0.717) is 12.0 Å². The molecule has 0 amide bonds. The van der Waals surface area contributed by atoms with E-state index in [4.69, 9.17) is 10.1 Å². The van der Waals surface area contributed by atoms with Crippen LogP contribution in [0.5, 0.6) is 0 Å². The van der Waals surface area contributed by atoms with Crippen molar-refractivity contribution in [3.05, 3.63) is 47.3 Å². The topological polar surface area (TPSA) is 42.2 Å². The van der Waals surface area contributed by atoms with Gasteiger partial charge in [0, 0.05) is 17.3 Å². The summed E-state index contributed by atoms with van der Waals surface area (Å²) in [6.07, 6.45) is 5.57. The fraction of sp³-hybridized carbons (Fsp3) is 0.478. The van der Waals surface area contributed by atoms with E-state index in [1.54, 1.807) is 0 Å². The Morgan fingerprint density at radius 1 is 1.07 bits per heavy atom. The molecule has 1 N–H and O–H groups in total. The lowest BCUT2D eigenvalue weighted by Crippen LogP contribution is -2.21. The van der Waals surface area contributed by atoms with E-state index in [0.717, 1.165) is 37.0 Å². The number of nitrogens with zero attached hydrogens (tertiary/aromatic N) is 3. The van der Waals surface area contributed by atoms with Crippen LogP contribution in [-0.4, -0.2) is 20.6 Å². The molecule has 2 aromatic heterocycles. The van der Waals surface area contributed by atoms with Gasteiger partial charge in [-0.05, 0) is 43.6 Å². The Morgan fingerprint density at radius 3 is 2.48 bits per heavy atom. The number of benzene rings is 1. The van der Waals surface area contributed by atoms with Gasteiger partial charge in [-0.25, -0.2) is 4.98 Å². The summed E-state index contributed by atoms with van der Waals surface area (Å²) in [5, 5.41) is 8.89. The molecule has 4 rings (SSSR count). The third-order valence-electron chi connectivity index (χ3n) is 5.75. The van der Waals surface area contributed by atoms with Crippen LogP contribution in [0, 0.1) is 0 Å². The van der Waals surface area contributed by atoms with Crippen LogP contribution in [0.15, 0.2) is 30.3 Å². The minimum atomic E-state index is 0.345. The third-order valence-corrected chi connectivity index (χ3v) is 5.75. The molecule has 1 aromatic carbocycles. The van der Waals surface area contributed by atoms with Crippen molar-refractivity contribution in [1.29, 1.82) is 0 Å². The molecule has 0 saturated heterocycles. The normalized spacial score (nSPS) is 13.7. The summed E-state index contributed by atoms with van der Waals surface area (Å²) in [6.45, 7) is 8.93. The van der Waals surface area contributed by atoms with Crippen molar-refractivity contribution in [3.8, 4) is 11.1 Å². The summed E-state index contributed by atoms with van der Waals surface area (Å²) in [4.78, 5) is 5.12. The van der Waals surface area contributed by atoms with Gasteiger partial charge in [-0.2, -0.15) is 9.61 Å². The van der Waals surface area contributed by atoms with Gasteiger partial charge < -0.3 is 5.32 Å². The molecule has 4 heteroatoms. The van der Waals surface area contributed by atoms with E-state index in [-0.39, 0.29) is 0 Å². The zero-order valence-electron chi connectivity index (χ0n) is 16.9. The molecule has 0 aliphatic heterocycles. The van der Waals surface area contributed by atoms with Crippen molar-refractivity contribution in [2.45, 2.75) is 71.8 Å². The number of rotatable bonds is 6. The summed E-state index contributed by atoms with van der Waals surface area (Å²) in [7, 11) is 0. The molecule has 1 aliphatic rings. The van der Waals surface area contributed by atoms with Gasteiger partial charge in [0.15, 0.2) is 5.65 Å². The Balaban J connectivity index is 2.00. The third kappa shape index (κ3) is 3.11. The highest BCUT2D eigenvalue weighted by Gasteiger charge is 2.26. The van der Waals surface area contributed by atoms with Crippen molar-refractivity contribution in [3.63, 3.8) is 0 Å². The van der Waals surface area contributed by atoms with Gasteiger partial charge in [-0.15, -0.1) is 0 Å². The number of anilines is 1. The van der Waals surface area contributed by atoms with E-state index in [9.17, 15) is 0 Å². The predicted molar refractivity (Wildman–Crippen MR) is 113 cm³/mol. The number of hydrogen-bond acceptors (Lipinski definition) is 3. The lowest BCUT2D eigenvalue weighted by Gasteiger charge is -2.19. The molecular weight excluding hydrogens is 332 g/mol. The molecule has 0 radical (unpaired) electrons. The van der Waals surface area contributed by atoms with E-state index in [1.807, 2.05) is 0 Å². The van der Waals surface area contributed by atoms with Gasteiger partial charge in [-0.3, -0.25) is 0 Å². The smallest absolute Gasteiger partial charge is 0.165 e. The van der Waals surface area contributed by atoms with Crippen LogP contribution in [0.25, 0.3) is 16.8 Å². The molecule has 27 heavy (non-hydrogen) atoms. The maximum Gasteiger partial charge on any atom is 0.165 e. The number of nitrogens with one attached hydrogen (secondary N) is 1. The molecule has 0 unspecified atom stereocenters. The van der Waals surface area contributed by atoms with Crippen LogP contribution in [0.2, 0.25) is 0 Å². The lowest BCUT2D eigenvalue weighted by atomic mass is 9.99. The maximum absolute atomic E-state index is 5.12. The van der Waals surface area contributed by atoms with Gasteiger partial charge in [0.05, 0.1) is 11.3 Å². The number of aromatic nitrogens is 3. The molecule has 0 spiro atoms. The van der Waals surface area contributed by atoms with E-state index in [2.05, 4.69) is 67.9 Å². The first-order valence-electron chi connectivity index (χ1n) is 10.4. The summed E-state index contributed by atoms with van der Waals surface area (Å²) in [5.41, 5.74) is 7.14. The molecule has 3 aromatic rings. The van der Waals surface area contributed by atoms with Gasteiger partial charge in [0.1, 0.15) is 5.82 Å². The highest BCUT2D eigenvalue weighted by Crippen LogP contribution is 2.37. The lowest BCUT2D eigenvalue weighted by molar-refractivity contribution is 0.660. The summed E-state index contributed by atoms with van der Waals surface area (Å²) < 4.78 is 2.10. The SMILES string of the molecule is CCC(CC)Nc1c2c(nc3c(-c4ccccc4)c(C(C)C)nn13)CCC2. The number of hydrogen-bond donors (Lipinski definition) is 1. The van der Waals surface area contributed by atoms with Gasteiger partial charge in [0.25, 0.3) is 0 Å². The monoisotopic (exact) mass is 362 g/mol. The first kappa shape index (κ1) is 18.0. The zero-order valence-corrected chi connectivity index (χ0v) is 16.9. The standard InChI is InChI=1S/C23H30N4/c1-5-17(6-2)24-22-18-13-10-14-19(18)25-23-20(16-11-8-7-9-12-16)21(15(3)4)26-27(22)23/h7-9,11-12,15,17,24H,5-6,10,13-14H2,1-4H3. The molecule has 0 saturated carbocycles. The molecular formula is C23H30N4. The van der Waals surface area contributed by atoms with Crippen LogP contribution >= 0.6 is 0 Å². The fourth-order valence-corrected chi connectivity index (χ4v) is 4.17. The Bertz CT molecular complexity index is 936. The molecule has 4 nitrogen and oxygen atoms in total. The summed E-state index contributed by atoms with van der Waals surface area (Å²) >= 11 is 0. The van der Waals surface area contributed by atoms with Gasteiger partial charge >= 0.3 is 0 Å². The Kier molecular flexibility index (Phi) is 4.90. The molecule has 142 valence electrons. The number of fused-ring (bicyclic) bond motifs is 2. The first-order valence-corrected chi connectivity index (χ1v) is 10.4. The quantitative estimate of drug-likeness (QED) is 0.620. The van der Waals surface area contributed by atoms with E-state index in [1.165, 1.54) is 34.6 Å². The first-order chi connectivity index (χ1) is 13.1. The van der Waals surface area contributed by atoms with Crippen molar-refractivity contribution >= 4 is 11.5 Å². The Morgan fingerprint density at radius 2 is 1.81 bits per heavy atom. The highest BCUT2D eigenvalue weighted by molar-refractivity contribution is 5.82. The molecule has 0 atom stereocenters. The average Bonchev–Trinajstić information content (AvgIpc) is 3.30. The van der Waals surface area contributed by atoms with Crippen molar-refractivity contribution < 1.29 is 0 Å². The van der Waals surface area contributed by atoms with Gasteiger partial charge in [0.2, 0.25) is 0 Å². The average molecular weight is 363 g/mol. The Hall–Kier alpha value is -2.36. The van der Waals surface area contributed by atoms with E-state index < -0.39 is 0 Å². The van der Waals surface area contributed by atoms with Crippen molar-refractivity contribution in [2.75, 3.05) is 5.32 Å². The minimum Gasteiger partial charge on any atom is -0.367 e. The highest BCUT2D eigenvalue weighted by atomic mass is 15.3. The van der Waals surface area contributed by atoms with E-state index >= 15 is 0 Å². The van der Waals surface area contributed by atoms with Crippen LogP contribution < -0.4 is 5.32 Å². The second-order valence-corrected chi connectivity index (χ2v) is 7.91. The Labute approximate surface area is 162 Å². The fourth-order valence-electron chi connectivity index (χ4n) is 4.17. The van der Waals surface area contributed by atoms with Crippen LogP contribution in [0.4, 0.5) is 5.82 Å². The summed E-state index contributed by atoms with van der Waals surface area (Å²) in [5.74, 6) is 1.52. The van der Waals surface area contributed by atoms with Crippen LogP contribution in [0.1, 0.15) is 69.8 Å². The molecule has 2 heterocycles. The predicted octanol–water partition coefficient (Wildman–Crippen LogP) is 5.61. The van der Waals surface area contributed by atoms with Gasteiger partial charge in [-0.1, -0.05) is 58.0 Å². The van der Waals surface area contributed by atoms with Crippen molar-refractivity contribution in [2.24, 2.45) is 0 Å². The second kappa shape index (κ2) is 7.34. The maximum atomic E-state index is 5.12. The molecule has 0 fully saturated rings. The molecule has 0 bridgehead atoms. The molecule has 1 aliphatic carbocycles. The number of aryl methyl sites for hydroxylation is 1. The van der Waals surface area contributed by atoms with Crippen LogP contribution in [-0.2, 0) is 12.8 Å². The van der Waals surface area contributed by atoms with Crippen molar-refractivity contribution in [1.82, 2.24) is 14.6 Å². The summed E-state index contributed by atoms with van der Waals surface area (Å²) in [6, 6.07) is 11.1. The largest absolute Gasteiger partial charge is 0.367 e. The zero-order chi connectivity index (χ0) is 19.0. The minimum absolute atomic E-state index is 0.345. The second-order valence-electron chi connectivity index (χ2n) is 7.91.